The van der Waals surface area contributed by atoms with E-state index in [4.69, 9.17) is 5.11 Å². The fourth-order valence-corrected chi connectivity index (χ4v) is 11.7. The van der Waals surface area contributed by atoms with E-state index in [1.165, 1.54) is 411 Å². The molecule has 0 fully saturated rings. The molecule has 0 bridgehead atoms. The van der Waals surface area contributed by atoms with Crippen molar-refractivity contribution in [3.63, 3.8) is 0 Å². The standard InChI is InChI=1S/C69H138O2/c1-2-3-4-5-6-7-8-9-10-11-12-13-14-15-16-17-18-19-20-21-22-23-24-25-26-27-28-29-30-31-32-33-34-35-36-37-38-39-40-41-42-43-44-45-46-47-48-49-50-51-52-53-54-55-56-57-58-59-60-61-62-63-64-65-66-67-68-69(70)71/h2-68H2,1H3,(H,70,71). The first-order chi connectivity index (χ1) is 35.3. The van der Waals surface area contributed by atoms with Gasteiger partial charge in [0.1, 0.15) is 0 Å². The lowest BCUT2D eigenvalue weighted by Gasteiger charge is -2.05. The summed E-state index contributed by atoms with van der Waals surface area (Å²) in [5, 5.41) is 8.69. The molecule has 0 saturated heterocycles. The summed E-state index contributed by atoms with van der Waals surface area (Å²) in [5.74, 6) is -0.645. The molecule has 2 nitrogen and oxygen atoms in total. The average Bonchev–Trinajstić information content (AvgIpc) is 3.37. The Morgan fingerprint density at radius 1 is 0.169 bits per heavy atom. The molecule has 0 atom stereocenters. The Morgan fingerprint density at radius 3 is 0.338 bits per heavy atom. The molecule has 0 radical (unpaired) electrons. The molecule has 0 saturated carbocycles. The van der Waals surface area contributed by atoms with Gasteiger partial charge in [-0.25, -0.2) is 0 Å². The summed E-state index contributed by atoms with van der Waals surface area (Å²) < 4.78 is 0. The van der Waals surface area contributed by atoms with Gasteiger partial charge in [0.2, 0.25) is 0 Å². The quantitative estimate of drug-likeness (QED) is 0.0617. The van der Waals surface area contributed by atoms with Crippen LogP contribution in [0.1, 0.15) is 437 Å². The summed E-state index contributed by atoms with van der Waals surface area (Å²) >= 11 is 0. The lowest BCUT2D eigenvalue weighted by Crippen LogP contribution is -1.93. The van der Waals surface area contributed by atoms with Crippen molar-refractivity contribution >= 4 is 5.97 Å². The Kier molecular flexibility index (Phi) is 67.0. The molecule has 0 heterocycles. The fraction of sp³-hybridized carbons (Fsp3) is 0.986. The number of hydrogen-bond acceptors (Lipinski definition) is 1. The van der Waals surface area contributed by atoms with E-state index in [9.17, 15) is 4.79 Å². The predicted octanol–water partition coefficient (Wildman–Crippen LogP) is 26.2. The summed E-state index contributed by atoms with van der Waals surface area (Å²) in [6, 6.07) is 0. The van der Waals surface area contributed by atoms with E-state index >= 15 is 0 Å². The van der Waals surface area contributed by atoms with Gasteiger partial charge in [-0.3, -0.25) is 4.79 Å². The van der Waals surface area contributed by atoms with E-state index < -0.39 is 5.97 Å². The second-order valence-corrected chi connectivity index (χ2v) is 24.1. The molecule has 0 aromatic rings. The molecule has 0 rings (SSSR count). The van der Waals surface area contributed by atoms with Crippen molar-refractivity contribution in [3.05, 3.63) is 0 Å². The van der Waals surface area contributed by atoms with Crippen LogP contribution in [0.25, 0.3) is 0 Å². The molecular weight excluding hydrogens is 861 g/mol. The Bertz CT molecular complexity index is 913. The second-order valence-electron chi connectivity index (χ2n) is 24.1. The summed E-state index contributed by atoms with van der Waals surface area (Å²) in [6.45, 7) is 2.31. The number of carbonyl (C=O) groups is 1. The van der Waals surface area contributed by atoms with Crippen molar-refractivity contribution in [1.82, 2.24) is 0 Å². The van der Waals surface area contributed by atoms with Crippen LogP contribution in [0.15, 0.2) is 0 Å². The molecule has 0 amide bonds. The van der Waals surface area contributed by atoms with Crippen LogP contribution in [0, 0.1) is 0 Å². The van der Waals surface area contributed by atoms with Gasteiger partial charge < -0.3 is 5.11 Å². The minimum absolute atomic E-state index is 0.347. The minimum Gasteiger partial charge on any atom is -0.481 e. The number of unbranched alkanes of at least 4 members (excludes halogenated alkanes) is 65. The third-order valence-electron chi connectivity index (χ3n) is 16.7. The molecule has 2 heteroatoms. The lowest BCUT2D eigenvalue weighted by atomic mass is 10.0. The van der Waals surface area contributed by atoms with Gasteiger partial charge in [0, 0.05) is 6.42 Å². The maximum atomic E-state index is 10.5. The number of aliphatic carboxylic acids is 1. The van der Waals surface area contributed by atoms with E-state index in [0.717, 1.165) is 12.8 Å². The number of hydrogen-bond donors (Lipinski definition) is 1. The topological polar surface area (TPSA) is 37.3 Å². The second kappa shape index (κ2) is 67.5. The van der Waals surface area contributed by atoms with Gasteiger partial charge in [-0.1, -0.05) is 424 Å². The molecule has 0 aliphatic heterocycles. The number of rotatable bonds is 67. The fourth-order valence-electron chi connectivity index (χ4n) is 11.7. The van der Waals surface area contributed by atoms with Gasteiger partial charge in [-0.05, 0) is 6.42 Å². The number of carboxylic acid groups (broad SMARTS) is 1. The molecule has 0 aromatic carbocycles. The highest BCUT2D eigenvalue weighted by atomic mass is 16.4. The van der Waals surface area contributed by atoms with Crippen LogP contribution in [0.3, 0.4) is 0 Å². The largest absolute Gasteiger partial charge is 0.481 e. The van der Waals surface area contributed by atoms with Crippen LogP contribution in [0.2, 0.25) is 0 Å². The van der Waals surface area contributed by atoms with Crippen LogP contribution in [0.4, 0.5) is 0 Å². The molecule has 0 aromatic heterocycles. The molecule has 0 aliphatic carbocycles. The molecule has 426 valence electrons. The predicted molar refractivity (Wildman–Crippen MR) is 323 cm³/mol. The smallest absolute Gasteiger partial charge is 0.303 e. The van der Waals surface area contributed by atoms with Crippen LogP contribution in [-0.4, -0.2) is 11.1 Å². The van der Waals surface area contributed by atoms with Gasteiger partial charge in [0.15, 0.2) is 0 Å². The first-order valence-electron chi connectivity index (χ1n) is 34.5. The SMILES string of the molecule is CCCCCCCCCCCCCCCCCCCCCCCCCCCCCCCCCCCCCCCCCCCCCCCCCCCCCCCCCCCCCCCCCCCCC(=O)O. The molecule has 0 aliphatic rings. The van der Waals surface area contributed by atoms with Crippen molar-refractivity contribution in [2.75, 3.05) is 0 Å². The average molecular weight is 1000 g/mol. The molecule has 1 N–H and O–H groups in total. The van der Waals surface area contributed by atoms with Gasteiger partial charge >= 0.3 is 5.97 Å². The first-order valence-corrected chi connectivity index (χ1v) is 34.5. The Labute approximate surface area is 451 Å². The highest BCUT2D eigenvalue weighted by Crippen LogP contribution is 2.20. The molecule has 0 spiro atoms. The Hall–Kier alpha value is -0.530. The summed E-state index contributed by atoms with van der Waals surface area (Å²) in [5.41, 5.74) is 0. The maximum Gasteiger partial charge on any atom is 0.303 e. The van der Waals surface area contributed by atoms with Gasteiger partial charge in [-0.15, -0.1) is 0 Å². The van der Waals surface area contributed by atoms with Crippen LogP contribution < -0.4 is 0 Å². The highest BCUT2D eigenvalue weighted by molar-refractivity contribution is 5.66. The van der Waals surface area contributed by atoms with Crippen molar-refractivity contribution in [3.8, 4) is 0 Å². The van der Waals surface area contributed by atoms with Crippen LogP contribution in [0.5, 0.6) is 0 Å². The molecular formula is C69H138O2. The highest BCUT2D eigenvalue weighted by Gasteiger charge is 2.01. The van der Waals surface area contributed by atoms with Crippen LogP contribution in [-0.2, 0) is 4.79 Å². The summed E-state index contributed by atoms with van der Waals surface area (Å²) in [4.78, 5) is 10.5. The summed E-state index contributed by atoms with van der Waals surface area (Å²) in [6.07, 6.45) is 96.3. The van der Waals surface area contributed by atoms with E-state index in [-0.39, 0.29) is 0 Å². The van der Waals surface area contributed by atoms with Gasteiger partial charge in [-0.2, -0.15) is 0 Å². The zero-order chi connectivity index (χ0) is 51.0. The van der Waals surface area contributed by atoms with E-state index in [2.05, 4.69) is 6.92 Å². The maximum absolute atomic E-state index is 10.5. The van der Waals surface area contributed by atoms with Crippen LogP contribution >= 0.6 is 0 Å². The van der Waals surface area contributed by atoms with E-state index in [1.54, 1.807) is 0 Å². The Morgan fingerprint density at radius 2 is 0.254 bits per heavy atom. The lowest BCUT2D eigenvalue weighted by molar-refractivity contribution is -0.137. The van der Waals surface area contributed by atoms with Crippen molar-refractivity contribution < 1.29 is 9.90 Å². The van der Waals surface area contributed by atoms with E-state index in [1.807, 2.05) is 0 Å². The van der Waals surface area contributed by atoms with Crippen molar-refractivity contribution in [2.45, 2.75) is 437 Å². The third-order valence-corrected chi connectivity index (χ3v) is 16.7. The van der Waals surface area contributed by atoms with Crippen molar-refractivity contribution in [1.29, 1.82) is 0 Å². The number of carboxylic acids is 1. The zero-order valence-corrected chi connectivity index (χ0v) is 49.7. The third kappa shape index (κ3) is 69.5. The molecule has 0 unspecified atom stereocenters. The monoisotopic (exact) mass is 999 g/mol. The summed E-state index contributed by atoms with van der Waals surface area (Å²) in [7, 11) is 0. The minimum atomic E-state index is -0.645. The van der Waals surface area contributed by atoms with E-state index in [0.29, 0.717) is 6.42 Å². The van der Waals surface area contributed by atoms with Crippen molar-refractivity contribution in [2.24, 2.45) is 0 Å². The van der Waals surface area contributed by atoms with Gasteiger partial charge in [0.25, 0.3) is 0 Å². The normalized spacial score (nSPS) is 11.7. The van der Waals surface area contributed by atoms with Gasteiger partial charge in [0.05, 0.1) is 0 Å². The Balaban J connectivity index is 3.07. The first kappa shape index (κ1) is 70.5. The molecule has 71 heavy (non-hydrogen) atoms. The zero-order valence-electron chi connectivity index (χ0n) is 49.7.